The summed E-state index contributed by atoms with van der Waals surface area (Å²) in [6.07, 6.45) is -4.43. The topological polar surface area (TPSA) is 114 Å². The number of hydrogen-bond donors (Lipinski definition) is 1. The lowest BCUT2D eigenvalue weighted by molar-refractivity contribution is -0.137. The van der Waals surface area contributed by atoms with Gasteiger partial charge >= 0.3 is 6.18 Å². The Bertz CT molecular complexity index is 2060. The van der Waals surface area contributed by atoms with Gasteiger partial charge in [-0.2, -0.15) is 27.8 Å². The van der Waals surface area contributed by atoms with Crippen molar-refractivity contribution in [3.8, 4) is 0 Å². The van der Waals surface area contributed by atoms with Crippen molar-refractivity contribution < 1.29 is 22.8 Å². The van der Waals surface area contributed by atoms with Crippen molar-refractivity contribution in [1.82, 2.24) is 14.6 Å². The molecule has 1 aliphatic heterocycles. The fraction of sp³-hybridized carbons (Fsp3) is 0.103. The van der Waals surface area contributed by atoms with Gasteiger partial charge in [0.2, 0.25) is 10.9 Å². The molecule has 0 aliphatic carbocycles. The Morgan fingerprint density at radius 3 is 2.43 bits per heavy atom. The van der Waals surface area contributed by atoms with Crippen molar-refractivity contribution in [3.05, 3.63) is 126 Å². The standard InChI is InChI=1S/C29H18F3N5O4S/c30-29(31,32)17-9-6-10-18(14-17)33-22(38)15-36-21-12-5-4-11-19(21)23(26(36)40)24-27(41)37-28(42-24)34-25(39)20(35-37)13-16-7-2-1-3-8-16/h1-12,14H,13,15H2,(H,33,38). The van der Waals surface area contributed by atoms with Gasteiger partial charge in [-0.05, 0) is 29.8 Å². The Morgan fingerprint density at radius 1 is 0.929 bits per heavy atom. The fourth-order valence-electron chi connectivity index (χ4n) is 4.67. The predicted octanol–water partition coefficient (Wildman–Crippen LogP) is 3.02. The number of carbonyl (C=O) groups is 2. The Kier molecular flexibility index (Phi) is 6.65. The number of aromatic nitrogens is 3. The molecule has 42 heavy (non-hydrogen) atoms. The molecule has 1 N–H and O–H groups in total. The van der Waals surface area contributed by atoms with Gasteiger partial charge in [0, 0.05) is 17.7 Å². The lowest BCUT2D eigenvalue weighted by Gasteiger charge is -2.17. The lowest BCUT2D eigenvalue weighted by Crippen LogP contribution is -2.37. The van der Waals surface area contributed by atoms with Crippen LogP contribution < -0.4 is 25.9 Å². The van der Waals surface area contributed by atoms with Crippen LogP contribution in [0.2, 0.25) is 0 Å². The quantitative estimate of drug-likeness (QED) is 0.337. The molecule has 0 unspecified atom stereocenters. The number of rotatable bonds is 5. The van der Waals surface area contributed by atoms with Crippen LogP contribution in [0.5, 0.6) is 0 Å². The van der Waals surface area contributed by atoms with E-state index in [0.717, 1.165) is 44.5 Å². The summed E-state index contributed by atoms with van der Waals surface area (Å²) < 4.78 is 40.2. The summed E-state index contributed by atoms with van der Waals surface area (Å²) in [6.45, 7) is -0.524. The van der Waals surface area contributed by atoms with Gasteiger partial charge in [0.05, 0.1) is 16.8 Å². The highest BCUT2D eigenvalue weighted by Gasteiger charge is 2.36. The maximum Gasteiger partial charge on any atom is 0.416 e. The summed E-state index contributed by atoms with van der Waals surface area (Å²) in [4.78, 5) is 57.8. The predicted molar refractivity (Wildman–Crippen MR) is 149 cm³/mol. The highest BCUT2D eigenvalue weighted by Crippen LogP contribution is 2.35. The second-order valence-corrected chi connectivity index (χ2v) is 10.3. The maximum atomic E-state index is 13.7. The van der Waals surface area contributed by atoms with Crippen LogP contribution in [0.4, 0.5) is 24.5 Å². The molecule has 0 spiro atoms. The largest absolute Gasteiger partial charge is 0.416 e. The van der Waals surface area contributed by atoms with E-state index < -0.39 is 41.2 Å². The van der Waals surface area contributed by atoms with Gasteiger partial charge in [-0.1, -0.05) is 65.9 Å². The average Bonchev–Trinajstić information content (AvgIpc) is 3.41. The number of alkyl halides is 3. The normalized spacial score (nSPS) is 14.4. The minimum Gasteiger partial charge on any atom is -0.325 e. The molecule has 0 fully saturated rings. The van der Waals surface area contributed by atoms with E-state index in [9.17, 15) is 32.3 Å². The van der Waals surface area contributed by atoms with Gasteiger partial charge in [0.1, 0.15) is 16.8 Å². The number of benzene rings is 3. The number of anilines is 2. The molecular weight excluding hydrogens is 571 g/mol. The van der Waals surface area contributed by atoms with Gasteiger partial charge in [0.15, 0.2) is 0 Å². The zero-order chi connectivity index (χ0) is 29.6. The van der Waals surface area contributed by atoms with Crippen LogP contribution in [-0.2, 0) is 22.2 Å². The number of halogens is 3. The molecule has 9 nitrogen and oxygen atoms in total. The number of amides is 2. The molecule has 2 amide bonds. The highest BCUT2D eigenvalue weighted by atomic mass is 32.1. The van der Waals surface area contributed by atoms with Crippen LogP contribution in [0.1, 0.15) is 22.4 Å². The van der Waals surface area contributed by atoms with Crippen LogP contribution in [-0.4, -0.2) is 33.0 Å². The SMILES string of the molecule is O=C(CN1C(=O)C(=c2sc3nc(=O)c(Cc4ccccc4)nn3c2=O)c2ccccc21)Nc1cccc(C(F)(F)F)c1. The molecule has 1 aliphatic rings. The number of fused-ring (bicyclic) bond motifs is 2. The molecule has 3 aromatic carbocycles. The molecule has 6 rings (SSSR count). The number of para-hydroxylation sites is 1. The molecule has 0 saturated carbocycles. The van der Waals surface area contributed by atoms with E-state index in [1.54, 1.807) is 24.3 Å². The Balaban J connectivity index is 1.36. The third kappa shape index (κ3) is 4.94. The van der Waals surface area contributed by atoms with Crippen molar-refractivity contribution in [2.24, 2.45) is 0 Å². The third-order valence-corrected chi connectivity index (χ3v) is 7.60. The summed E-state index contributed by atoms with van der Waals surface area (Å²) in [5.41, 5.74) is -0.655. The summed E-state index contributed by atoms with van der Waals surface area (Å²) in [5.74, 6) is -1.40. The van der Waals surface area contributed by atoms with E-state index in [0.29, 0.717) is 11.3 Å². The number of carbonyl (C=O) groups excluding carboxylic acids is 2. The minimum absolute atomic E-state index is 0.00957. The molecule has 2 aromatic heterocycles. The third-order valence-electron chi connectivity index (χ3n) is 6.57. The van der Waals surface area contributed by atoms with Gasteiger partial charge in [0.25, 0.3) is 17.0 Å². The van der Waals surface area contributed by atoms with E-state index in [-0.39, 0.29) is 32.9 Å². The van der Waals surface area contributed by atoms with Gasteiger partial charge in [-0.15, -0.1) is 0 Å². The van der Waals surface area contributed by atoms with E-state index >= 15 is 0 Å². The first-order valence-electron chi connectivity index (χ1n) is 12.5. The molecule has 5 aromatic rings. The molecule has 210 valence electrons. The molecule has 0 bridgehead atoms. The molecule has 0 saturated heterocycles. The summed E-state index contributed by atoms with van der Waals surface area (Å²) in [7, 11) is 0. The maximum absolute atomic E-state index is 13.7. The second kappa shape index (κ2) is 10.3. The van der Waals surface area contributed by atoms with Gasteiger partial charge in [-0.3, -0.25) is 24.1 Å². The molecule has 0 radical (unpaired) electrons. The first kappa shape index (κ1) is 27.0. The number of nitrogens with one attached hydrogen (secondary N) is 1. The Hall–Kier alpha value is -5.17. The second-order valence-electron chi connectivity index (χ2n) is 9.37. The van der Waals surface area contributed by atoms with E-state index in [1.807, 2.05) is 30.3 Å². The molecular formula is C29H18F3N5O4S. The lowest BCUT2D eigenvalue weighted by atomic mass is 10.1. The smallest absolute Gasteiger partial charge is 0.325 e. The van der Waals surface area contributed by atoms with Crippen molar-refractivity contribution in [2.45, 2.75) is 12.6 Å². The molecule has 0 atom stereocenters. The van der Waals surface area contributed by atoms with Crippen molar-refractivity contribution in [2.75, 3.05) is 16.8 Å². The van der Waals surface area contributed by atoms with Crippen LogP contribution in [0.3, 0.4) is 0 Å². The fourth-order valence-corrected chi connectivity index (χ4v) is 5.66. The van der Waals surface area contributed by atoms with Crippen LogP contribution >= 0.6 is 11.3 Å². The number of nitrogens with zero attached hydrogens (tertiary/aromatic N) is 4. The summed E-state index contributed by atoms with van der Waals surface area (Å²) >= 11 is 0.830. The van der Waals surface area contributed by atoms with Crippen LogP contribution in [0.15, 0.2) is 88.5 Å². The Morgan fingerprint density at radius 2 is 1.67 bits per heavy atom. The summed E-state index contributed by atoms with van der Waals surface area (Å²) in [6, 6.07) is 19.7. The summed E-state index contributed by atoms with van der Waals surface area (Å²) in [5, 5.41) is 6.63. The average molecular weight is 590 g/mol. The monoisotopic (exact) mass is 589 g/mol. The molecule has 3 heterocycles. The van der Waals surface area contributed by atoms with Crippen molar-refractivity contribution in [3.63, 3.8) is 0 Å². The van der Waals surface area contributed by atoms with Crippen LogP contribution in [0.25, 0.3) is 10.5 Å². The highest BCUT2D eigenvalue weighted by molar-refractivity contribution is 7.15. The number of thiazole rings is 1. The Labute approximate surface area is 238 Å². The zero-order valence-corrected chi connectivity index (χ0v) is 22.2. The van der Waals surface area contributed by atoms with Crippen molar-refractivity contribution >= 4 is 45.1 Å². The van der Waals surface area contributed by atoms with E-state index in [1.165, 1.54) is 6.07 Å². The first-order valence-corrected chi connectivity index (χ1v) is 13.3. The minimum atomic E-state index is -4.59. The zero-order valence-electron chi connectivity index (χ0n) is 21.4. The number of hydrogen-bond acceptors (Lipinski definition) is 7. The van der Waals surface area contributed by atoms with Gasteiger partial charge in [-0.25, -0.2) is 0 Å². The van der Waals surface area contributed by atoms with Crippen molar-refractivity contribution in [1.29, 1.82) is 0 Å². The van der Waals surface area contributed by atoms with E-state index in [2.05, 4.69) is 15.4 Å². The molecule has 13 heteroatoms. The van der Waals surface area contributed by atoms with Crippen LogP contribution in [0, 0.1) is 0 Å². The van der Waals surface area contributed by atoms with Gasteiger partial charge < -0.3 is 5.32 Å². The van der Waals surface area contributed by atoms with E-state index in [4.69, 9.17) is 0 Å². The first-order chi connectivity index (χ1) is 20.1.